The molecular formula is C18H22BN3O6. The Kier molecular flexibility index (Phi) is 4.57. The lowest BCUT2D eigenvalue weighted by atomic mass is 9.79. The Balaban J connectivity index is 2.12. The van der Waals surface area contributed by atoms with Crippen LogP contribution < -0.4 is 0 Å². The van der Waals surface area contributed by atoms with Crippen molar-refractivity contribution in [1.29, 1.82) is 0 Å². The molecule has 1 atom stereocenters. The number of aromatic nitrogens is 2. The first-order chi connectivity index (χ1) is 12.7. The summed E-state index contributed by atoms with van der Waals surface area (Å²) in [5, 5.41) is 36.0. The Morgan fingerprint density at radius 1 is 1.32 bits per heavy atom. The van der Waals surface area contributed by atoms with E-state index < -0.39 is 23.2 Å². The molecule has 0 saturated carbocycles. The summed E-state index contributed by atoms with van der Waals surface area (Å²) in [6.45, 7) is 8.26. The van der Waals surface area contributed by atoms with Gasteiger partial charge < -0.3 is 24.6 Å². The molecule has 2 aromatic heterocycles. The summed E-state index contributed by atoms with van der Waals surface area (Å²) in [5.41, 5.74) is -1.60. The van der Waals surface area contributed by atoms with Crippen molar-refractivity contribution < 1.29 is 29.4 Å². The highest BCUT2D eigenvalue weighted by atomic mass is 16.6. The van der Waals surface area contributed by atoms with E-state index in [4.69, 9.17) is 17.1 Å². The van der Waals surface area contributed by atoms with Crippen LogP contribution >= 0.6 is 0 Å². The van der Waals surface area contributed by atoms with Crippen LogP contribution in [-0.2, 0) is 17.1 Å². The molecule has 3 rings (SSSR count). The molecule has 1 aliphatic heterocycles. The molecule has 1 aliphatic rings. The minimum atomic E-state index is -2.96. The largest absolute Gasteiger partial charge is 0.444 e. The SMILES string of the molecule is [B]C1(O)Cc2ncc(-c3c(C)noc3C)cc2C(O)(O)N1C(=O)OC(C)(C)C. The minimum absolute atomic E-state index is 0.106. The standard InChI is InChI=1S/C18H22BN3O6/c1-9-14(10(2)28-21-9)11-6-12-13(20-8-11)7-17(19,24)22(18(12,25)26)15(23)27-16(3,4)5/h6,8,24-26H,7H2,1-5H3. The van der Waals surface area contributed by atoms with Crippen LogP contribution in [0.25, 0.3) is 11.1 Å². The Hall–Kier alpha value is -2.43. The molecule has 1 unspecified atom stereocenters. The van der Waals surface area contributed by atoms with Crippen molar-refractivity contribution in [2.45, 2.75) is 58.2 Å². The molecule has 0 aliphatic carbocycles. The van der Waals surface area contributed by atoms with E-state index in [1.54, 1.807) is 34.6 Å². The van der Waals surface area contributed by atoms with Gasteiger partial charge in [-0.1, -0.05) is 5.16 Å². The molecule has 2 radical (unpaired) electrons. The number of carbonyl (C=O) groups excluding carboxylic acids is 1. The van der Waals surface area contributed by atoms with Gasteiger partial charge in [0.05, 0.1) is 17.0 Å². The highest BCUT2D eigenvalue weighted by molar-refractivity contribution is 6.15. The lowest BCUT2D eigenvalue weighted by molar-refractivity contribution is -0.310. The van der Waals surface area contributed by atoms with Gasteiger partial charge in [0.2, 0.25) is 0 Å². The smallest absolute Gasteiger partial charge is 0.416 e. The van der Waals surface area contributed by atoms with Gasteiger partial charge in [-0.2, -0.15) is 0 Å². The van der Waals surface area contributed by atoms with Gasteiger partial charge >= 0.3 is 6.09 Å². The van der Waals surface area contributed by atoms with Crippen LogP contribution in [0.2, 0.25) is 0 Å². The first-order valence-electron chi connectivity index (χ1n) is 8.66. The maximum absolute atomic E-state index is 12.6. The second kappa shape index (κ2) is 6.30. The molecule has 9 nitrogen and oxygen atoms in total. The number of amides is 1. The van der Waals surface area contributed by atoms with Gasteiger partial charge in [0.1, 0.15) is 24.8 Å². The second-order valence-corrected chi connectivity index (χ2v) is 7.92. The lowest BCUT2D eigenvalue weighted by Crippen LogP contribution is -2.66. The zero-order valence-electron chi connectivity index (χ0n) is 16.3. The molecule has 3 heterocycles. The fourth-order valence-electron chi connectivity index (χ4n) is 3.27. The van der Waals surface area contributed by atoms with Crippen LogP contribution in [0.4, 0.5) is 4.79 Å². The van der Waals surface area contributed by atoms with Crippen molar-refractivity contribution >= 4 is 13.9 Å². The van der Waals surface area contributed by atoms with Crippen LogP contribution in [0.1, 0.15) is 43.5 Å². The number of aryl methyl sites for hydroxylation is 2. The van der Waals surface area contributed by atoms with Gasteiger partial charge in [0, 0.05) is 23.7 Å². The number of nitrogens with zero attached hydrogens (tertiary/aromatic N) is 3. The van der Waals surface area contributed by atoms with Crippen molar-refractivity contribution in [3.05, 3.63) is 35.0 Å². The number of carbonyl (C=O) groups is 1. The summed E-state index contributed by atoms with van der Waals surface area (Å²) in [6, 6.07) is 1.45. The average molecular weight is 387 g/mol. The monoisotopic (exact) mass is 387 g/mol. The van der Waals surface area contributed by atoms with E-state index in [2.05, 4.69) is 10.1 Å². The normalized spacial score (nSPS) is 21.4. The molecule has 2 aromatic rings. The van der Waals surface area contributed by atoms with Gasteiger partial charge in [-0.05, 0) is 40.7 Å². The number of hydrogen-bond donors (Lipinski definition) is 3. The zero-order chi connectivity index (χ0) is 21.1. The first kappa shape index (κ1) is 20.3. The van der Waals surface area contributed by atoms with Crippen molar-refractivity contribution in [1.82, 2.24) is 15.0 Å². The van der Waals surface area contributed by atoms with Crippen molar-refractivity contribution in [3.63, 3.8) is 0 Å². The van der Waals surface area contributed by atoms with Crippen LogP contribution in [0, 0.1) is 13.8 Å². The quantitative estimate of drug-likeness (QED) is 0.489. The molecular weight excluding hydrogens is 365 g/mol. The number of rotatable bonds is 1. The fourth-order valence-corrected chi connectivity index (χ4v) is 3.27. The Morgan fingerprint density at radius 2 is 1.96 bits per heavy atom. The Labute approximate surface area is 163 Å². The molecule has 1 amide bonds. The molecule has 148 valence electrons. The van der Waals surface area contributed by atoms with Crippen LogP contribution in [-0.4, -0.2) is 55.5 Å². The highest BCUT2D eigenvalue weighted by Gasteiger charge is 2.54. The number of fused-ring (bicyclic) bond motifs is 1. The van der Waals surface area contributed by atoms with E-state index in [9.17, 15) is 20.1 Å². The Morgan fingerprint density at radius 3 is 2.50 bits per heavy atom. The maximum atomic E-state index is 12.6. The van der Waals surface area contributed by atoms with Gasteiger partial charge in [-0.15, -0.1) is 0 Å². The van der Waals surface area contributed by atoms with Crippen LogP contribution in [0.3, 0.4) is 0 Å². The van der Waals surface area contributed by atoms with Crippen LogP contribution in [0.5, 0.6) is 0 Å². The summed E-state index contributed by atoms with van der Waals surface area (Å²) >= 11 is 0. The van der Waals surface area contributed by atoms with Gasteiger partial charge in [-0.25, -0.2) is 9.69 Å². The third-order valence-corrected chi connectivity index (χ3v) is 4.36. The molecule has 0 bridgehead atoms. The molecule has 0 saturated heterocycles. The van der Waals surface area contributed by atoms with E-state index in [1.807, 2.05) is 0 Å². The first-order valence-corrected chi connectivity index (χ1v) is 8.66. The molecule has 0 aromatic carbocycles. The van der Waals surface area contributed by atoms with E-state index in [0.717, 1.165) is 0 Å². The van der Waals surface area contributed by atoms with Gasteiger partial charge in [-0.3, -0.25) is 4.98 Å². The topological polar surface area (TPSA) is 129 Å². The molecule has 0 spiro atoms. The summed E-state index contributed by atoms with van der Waals surface area (Å²) < 4.78 is 10.3. The molecule has 28 heavy (non-hydrogen) atoms. The van der Waals surface area contributed by atoms with Crippen molar-refractivity contribution in [2.75, 3.05) is 0 Å². The van der Waals surface area contributed by atoms with Crippen LogP contribution in [0.15, 0.2) is 16.8 Å². The number of hydrogen-bond acceptors (Lipinski definition) is 8. The predicted octanol–water partition coefficient (Wildman–Crippen LogP) is 1.06. The molecule has 3 N–H and O–H groups in total. The second-order valence-electron chi connectivity index (χ2n) is 7.92. The van der Waals surface area contributed by atoms with E-state index in [0.29, 0.717) is 27.5 Å². The fraction of sp³-hybridized carbons (Fsp3) is 0.500. The van der Waals surface area contributed by atoms with E-state index in [1.165, 1.54) is 12.3 Å². The summed E-state index contributed by atoms with van der Waals surface area (Å²) in [5.74, 6) is -2.43. The Bertz CT molecular complexity index is 912. The van der Waals surface area contributed by atoms with Crippen molar-refractivity contribution in [3.8, 4) is 11.1 Å². The maximum Gasteiger partial charge on any atom is 0.416 e. The highest BCUT2D eigenvalue weighted by Crippen LogP contribution is 2.40. The number of aliphatic hydroxyl groups is 3. The summed E-state index contributed by atoms with van der Waals surface area (Å²) in [7, 11) is 5.81. The van der Waals surface area contributed by atoms with Gasteiger partial charge in [0.25, 0.3) is 5.91 Å². The third-order valence-electron chi connectivity index (χ3n) is 4.36. The van der Waals surface area contributed by atoms with E-state index >= 15 is 0 Å². The van der Waals surface area contributed by atoms with E-state index in [-0.39, 0.29) is 17.7 Å². The van der Waals surface area contributed by atoms with Crippen molar-refractivity contribution in [2.24, 2.45) is 0 Å². The third kappa shape index (κ3) is 3.39. The summed E-state index contributed by atoms with van der Waals surface area (Å²) in [4.78, 5) is 17.1. The summed E-state index contributed by atoms with van der Waals surface area (Å²) in [6.07, 6.45) is -0.0246. The predicted molar refractivity (Wildman–Crippen MR) is 97.8 cm³/mol. The average Bonchev–Trinajstić information content (AvgIpc) is 2.83. The lowest BCUT2D eigenvalue weighted by Gasteiger charge is -2.48. The number of ether oxygens (including phenoxy) is 1. The molecule has 10 heteroatoms. The minimum Gasteiger partial charge on any atom is -0.444 e. The molecule has 0 fully saturated rings. The zero-order valence-corrected chi connectivity index (χ0v) is 16.3. The van der Waals surface area contributed by atoms with Gasteiger partial charge in [0.15, 0.2) is 0 Å². The number of pyridine rings is 1.